The van der Waals surface area contributed by atoms with Crippen molar-refractivity contribution in [1.29, 1.82) is 0 Å². The highest BCUT2D eigenvalue weighted by Gasteiger charge is 2.30. The fourth-order valence-electron chi connectivity index (χ4n) is 4.07. The van der Waals surface area contributed by atoms with E-state index in [1.165, 1.54) is 12.3 Å². The molecule has 1 aliphatic rings. The molecular weight excluding hydrogens is 418 g/mol. The molecule has 6 nitrogen and oxygen atoms in total. The Kier molecular flexibility index (Phi) is 6.39. The molecule has 0 spiro atoms. The van der Waals surface area contributed by atoms with Gasteiger partial charge in [-0.15, -0.1) is 0 Å². The number of oxazole rings is 1. The van der Waals surface area contributed by atoms with Gasteiger partial charge in [-0.25, -0.2) is 13.8 Å². The van der Waals surface area contributed by atoms with Gasteiger partial charge >= 0.3 is 0 Å². The number of hydrogen-bond donors (Lipinski definition) is 0. The molecule has 4 rings (SSSR count). The van der Waals surface area contributed by atoms with Crippen LogP contribution in [0.25, 0.3) is 11.3 Å². The van der Waals surface area contributed by atoms with Gasteiger partial charge in [0.25, 0.3) is 0 Å². The third-order valence-electron chi connectivity index (χ3n) is 5.67. The number of halogens is 2. The monoisotopic (exact) mass is 442 g/mol. The summed E-state index contributed by atoms with van der Waals surface area (Å²) in [6.07, 6.45) is 3.68. The van der Waals surface area contributed by atoms with E-state index in [0.29, 0.717) is 23.9 Å². The molecule has 1 aromatic heterocycles. The van der Waals surface area contributed by atoms with E-state index in [9.17, 15) is 13.6 Å². The zero-order chi connectivity index (χ0) is 22.7. The van der Waals surface area contributed by atoms with Crippen molar-refractivity contribution in [2.75, 3.05) is 20.8 Å². The average Bonchev–Trinajstić information content (AvgIpc) is 3.47. The Morgan fingerprint density at radius 1 is 1.16 bits per heavy atom. The number of aromatic nitrogens is 1. The summed E-state index contributed by atoms with van der Waals surface area (Å²) >= 11 is 0. The van der Waals surface area contributed by atoms with Crippen molar-refractivity contribution in [3.8, 4) is 22.8 Å². The van der Waals surface area contributed by atoms with E-state index in [4.69, 9.17) is 13.9 Å². The van der Waals surface area contributed by atoms with Gasteiger partial charge in [0.1, 0.15) is 11.6 Å². The number of aryl methyl sites for hydroxylation is 1. The van der Waals surface area contributed by atoms with E-state index in [0.717, 1.165) is 30.5 Å². The second-order valence-electron chi connectivity index (χ2n) is 7.60. The quantitative estimate of drug-likeness (QED) is 0.519. The number of methoxy groups -OCH3 is 2. The van der Waals surface area contributed by atoms with E-state index in [-0.39, 0.29) is 36.1 Å². The topological polar surface area (TPSA) is 64.8 Å². The Bertz CT molecular complexity index is 1120. The fourth-order valence-corrected chi connectivity index (χ4v) is 4.07. The second kappa shape index (κ2) is 9.38. The minimum absolute atomic E-state index is 0.00463. The summed E-state index contributed by atoms with van der Waals surface area (Å²) in [5.41, 5.74) is 1.13. The minimum Gasteiger partial charge on any atom is -0.493 e. The first-order valence-electron chi connectivity index (χ1n) is 10.4. The van der Waals surface area contributed by atoms with Crippen LogP contribution in [0.1, 0.15) is 36.8 Å². The summed E-state index contributed by atoms with van der Waals surface area (Å²) in [6, 6.07) is 8.93. The lowest BCUT2D eigenvalue weighted by Crippen LogP contribution is -2.30. The molecule has 0 bridgehead atoms. The third-order valence-corrected chi connectivity index (χ3v) is 5.67. The van der Waals surface area contributed by atoms with Crippen molar-refractivity contribution >= 4 is 5.91 Å². The highest BCUT2D eigenvalue weighted by molar-refractivity contribution is 5.77. The van der Waals surface area contributed by atoms with Crippen LogP contribution in [0.5, 0.6) is 11.5 Å². The number of benzene rings is 2. The van der Waals surface area contributed by atoms with Crippen LogP contribution in [0.3, 0.4) is 0 Å². The Hall–Kier alpha value is -3.42. The van der Waals surface area contributed by atoms with Gasteiger partial charge < -0.3 is 18.8 Å². The molecule has 0 radical (unpaired) electrons. The molecule has 2 heterocycles. The molecule has 1 saturated heterocycles. The van der Waals surface area contributed by atoms with Crippen molar-refractivity contribution < 1.29 is 27.5 Å². The standard InChI is InChI=1S/C24H24F2N2O4/c1-30-20-8-5-15(12-21(20)31-2)19-4-3-11-28(19)24(29)10-9-23-27-14-22(32-23)17-7-6-16(25)13-18(17)26/h5-8,12-14,19H,3-4,9-11H2,1-2H3/t19-/m0/s1. The second-order valence-corrected chi connectivity index (χ2v) is 7.60. The summed E-state index contributed by atoms with van der Waals surface area (Å²) in [4.78, 5) is 19.0. The summed E-state index contributed by atoms with van der Waals surface area (Å²) < 4.78 is 43.4. The van der Waals surface area contributed by atoms with E-state index >= 15 is 0 Å². The van der Waals surface area contributed by atoms with Crippen LogP contribution in [-0.2, 0) is 11.2 Å². The van der Waals surface area contributed by atoms with Crippen molar-refractivity contribution in [3.63, 3.8) is 0 Å². The first-order chi connectivity index (χ1) is 15.5. The lowest BCUT2D eigenvalue weighted by atomic mass is 10.0. The van der Waals surface area contributed by atoms with Crippen molar-refractivity contribution in [1.82, 2.24) is 9.88 Å². The smallest absolute Gasteiger partial charge is 0.223 e. The fraction of sp³-hybridized carbons (Fsp3) is 0.333. The van der Waals surface area contributed by atoms with Crippen molar-refractivity contribution in [2.45, 2.75) is 31.7 Å². The van der Waals surface area contributed by atoms with Crippen LogP contribution < -0.4 is 9.47 Å². The number of rotatable bonds is 7. The van der Waals surface area contributed by atoms with E-state index in [2.05, 4.69) is 4.98 Å². The van der Waals surface area contributed by atoms with Crippen LogP contribution in [-0.4, -0.2) is 36.6 Å². The van der Waals surface area contributed by atoms with Crippen LogP contribution in [0.4, 0.5) is 8.78 Å². The van der Waals surface area contributed by atoms with Crippen molar-refractivity contribution in [3.05, 3.63) is 65.7 Å². The van der Waals surface area contributed by atoms with Crippen LogP contribution in [0, 0.1) is 11.6 Å². The summed E-state index contributed by atoms with van der Waals surface area (Å²) in [5, 5.41) is 0. The Morgan fingerprint density at radius 2 is 1.97 bits per heavy atom. The van der Waals surface area contributed by atoms with Gasteiger partial charge in [0.05, 0.1) is 32.0 Å². The lowest BCUT2D eigenvalue weighted by Gasteiger charge is -2.25. The number of carbonyl (C=O) groups is 1. The molecule has 0 aliphatic carbocycles. The third kappa shape index (κ3) is 4.44. The summed E-state index contributed by atoms with van der Waals surface area (Å²) in [5.74, 6) is 0.419. The number of likely N-dealkylation sites (tertiary alicyclic amines) is 1. The molecule has 32 heavy (non-hydrogen) atoms. The predicted octanol–water partition coefficient (Wildman–Crippen LogP) is 4.93. The Balaban J connectivity index is 1.42. The lowest BCUT2D eigenvalue weighted by molar-refractivity contribution is -0.132. The molecule has 168 valence electrons. The first-order valence-corrected chi connectivity index (χ1v) is 10.4. The zero-order valence-electron chi connectivity index (χ0n) is 17.9. The van der Waals surface area contributed by atoms with Gasteiger partial charge in [0.15, 0.2) is 23.1 Å². The molecule has 1 fully saturated rings. The maximum absolute atomic E-state index is 14.0. The summed E-state index contributed by atoms with van der Waals surface area (Å²) in [6.45, 7) is 0.676. The number of hydrogen-bond acceptors (Lipinski definition) is 5. The van der Waals surface area contributed by atoms with Crippen LogP contribution >= 0.6 is 0 Å². The highest BCUT2D eigenvalue weighted by Crippen LogP contribution is 2.37. The van der Waals surface area contributed by atoms with Gasteiger partial charge in [-0.05, 0) is 42.7 Å². The Labute approximate surface area is 184 Å². The zero-order valence-corrected chi connectivity index (χ0v) is 17.9. The highest BCUT2D eigenvalue weighted by atomic mass is 19.1. The molecule has 2 aromatic carbocycles. The molecule has 0 unspecified atom stereocenters. The maximum atomic E-state index is 14.0. The number of ether oxygens (including phenoxy) is 2. The minimum atomic E-state index is -0.724. The number of nitrogens with zero attached hydrogens (tertiary/aromatic N) is 2. The van der Waals surface area contributed by atoms with Gasteiger partial charge in [-0.3, -0.25) is 4.79 Å². The molecule has 3 aromatic rings. The number of amides is 1. The summed E-state index contributed by atoms with van der Waals surface area (Å²) in [7, 11) is 3.17. The first kappa shape index (κ1) is 21.8. The molecule has 0 N–H and O–H groups in total. The van der Waals surface area contributed by atoms with E-state index < -0.39 is 11.6 Å². The maximum Gasteiger partial charge on any atom is 0.223 e. The Morgan fingerprint density at radius 3 is 2.72 bits per heavy atom. The van der Waals surface area contributed by atoms with Crippen molar-refractivity contribution in [2.24, 2.45) is 0 Å². The van der Waals surface area contributed by atoms with Gasteiger partial charge in [0, 0.05) is 25.5 Å². The predicted molar refractivity (Wildman–Crippen MR) is 113 cm³/mol. The molecular formula is C24H24F2N2O4. The average molecular weight is 442 g/mol. The van der Waals surface area contributed by atoms with E-state index in [1.807, 2.05) is 23.1 Å². The normalized spacial score (nSPS) is 15.8. The van der Waals surface area contributed by atoms with E-state index in [1.54, 1.807) is 14.2 Å². The molecule has 1 atom stereocenters. The molecule has 0 saturated carbocycles. The largest absolute Gasteiger partial charge is 0.493 e. The van der Waals surface area contributed by atoms with Gasteiger partial charge in [-0.2, -0.15) is 0 Å². The molecule has 8 heteroatoms. The van der Waals surface area contributed by atoms with Gasteiger partial charge in [-0.1, -0.05) is 6.07 Å². The molecule has 1 aliphatic heterocycles. The number of carbonyl (C=O) groups excluding carboxylic acids is 1. The molecule has 1 amide bonds. The van der Waals surface area contributed by atoms with Crippen LogP contribution in [0.2, 0.25) is 0 Å². The van der Waals surface area contributed by atoms with Gasteiger partial charge in [0.2, 0.25) is 5.91 Å². The van der Waals surface area contributed by atoms with Crippen LogP contribution in [0.15, 0.2) is 47.0 Å². The SMILES string of the molecule is COc1ccc([C@@H]2CCCN2C(=O)CCc2ncc(-c3ccc(F)cc3F)o2)cc1OC.